The largest absolute Gasteiger partial charge is 0.393 e. The normalized spacial score (nSPS) is 36.8. The molecule has 2 rings (SSSR count). The van der Waals surface area contributed by atoms with Gasteiger partial charge in [0, 0.05) is 0 Å². The maximum absolute atomic E-state index is 9.81. The van der Waals surface area contributed by atoms with Gasteiger partial charge in [-0.15, -0.1) is 0 Å². The molecule has 0 spiro atoms. The average Bonchev–Trinajstić information content (AvgIpc) is 2.63. The Morgan fingerprint density at radius 3 is 2.11 bits per heavy atom. The average molecular weight is 270 g/mol. The van der Waals surface area contributed by atoms with Crippen molar-refractivity contribution < 1.29 is 10.2 Å². The third kappa shape index (κ3) is 3.52. The van der Waals surface area contributed by atoms with Gasteiger partial charge in [0.2, 0.25) is 0 Å². The molecule has 2 bridgehead atoms. The van der Waals surface area contributed by atoms with E-state index in [1.807, 2.05) is 6.92 Å². The topological polar surface area (TPSA) is 40.5 Å². The molecule has 2 heteroatoms. The van der Waals surface area contributed by atoms with Crippen molar-refractivity contribution >= 4 is 0 Å². The van der Waals surface area contributed by atoms with Crippen LogP contribution < -0.4 is 0 Å². The van der Waals surface area contributed by atoms with Gasteiger partial charge in [-0.3, -0.25) is 0 Å². The molecule has 2 nitrogen and oxygen atoms in total. The molecule has 0 saturated heterocycles. The Bertz CT molecular complexity index is 272. The molecule has 114 valence electrons. The molecule has 4 unspecified atom stereocenters. The number of rotatable bonds is 4. The van der Waals surface area contributed by atoms with Crippen molar-refractivity contribution in [2.24, 2.45) is 16.7 Å². The summed E-state index contributed by atoms with van der Waals surface area (Å²) in [5, 5.41) is 18.6. The van der Waals surface area contributed by atoms with Crippen LogP contribution in [-0.4, -0.2) is 22.4 Å². The van der Waals surface area contributed by atoms with Crippen molar-refractivity contribution in [3.8, 4) is 0 Å². The second-order valence-electron chi connectivity index (χ2n) is 7.47. The summed E-state index contributed by atoms with van der Waals surface area (Å²) in [5.74, 6) is 0.780. The van der Waals surface area contributed by atoms with E-state index in [0.717, 1.165) is 18.8 Å². The van der Waals surface area contributed by atoms with Crippen LogP contribution in [0.15, 0.2) is 0 Å². The molecule has 0 heterocycles. The van der Waals surface area contributed by atoms with Gasteiger partial charge < -0.3 is 10.2 Å². The van der Waals surface area contributed by atoms with Crippen LogP contribution in [0.25, 0.3) is 0 Å². The minimum Gasteiger partial charge on any atom is -0.393 e. The fourth-order valence-electron chi connectivity index (χ4n) is 3.85. The molecule has 2 saturated carbocycles. The number of hydrogen-bond acceptors (Lipinski definition) is 2. The predicted octanol–water partition coefficient (Wildman–Crippen LogP) is 4.14. The molecule has 0 aromatic rings. The number of aliphatic hydroxyl groups excluding tert-OH is 2. The third-order valence-electron chi connectivity index (χ3n) is 5.97. The van der Waals surface area contributed by atoms with E-state index in [9.17, 15) is 5.11 Å². The molecule has 2 N–H and O–H groups in total. The summed E-state index contributed by atoms with van der Waals surface area (Å²) in [5.41, 5.74) is 0.601. The van der Waals surface area contributed by atoms with E-state index < -0.39 is 0 Å². The molecule has 0 aromatic carbocycles. The van der Waals surface area contributed by atoms with Crippen LogP contribution in [0, 0.1) is 16.7 Å². The molecular formula is C17H34O2. The van der Waals surface area contributed by atoms with Crippen LogP contribution >= 0.6 is 0 Å². The highest BCUT2D eigenvalue weighted by atomic mass is 16.3. The smallest absolute Gasteiger partial charge is 0.0601 e. The SMILES string of the molecule is CC1(C)C2CCC1(C)C(O)C2.CCCCCC(C)O. The second-order valence-corrected chi connectivity index (χ2v) is 7.47. The summed E-state index contributed by atoms with van der Waals surface area (Å²) >= 11 is 0. The molecular weight excluding hydrogens is 236 g/mol. The first-order chi connectivity index (χ1) is 8.75. The van der Waals surface area contributed by atoms with Crippen LogP contribution in [0.3, 0.4) is 0 Å². The Morgan fingerprint density at radius 2 is 1.84 bits per heavy atom. The van der Waals surface area contributed by atoms with Gasteiger partial charge in [0.15, 0.2) is 0 Å². The van der Waals surface area contributed by atoms with Crippen LogP contribution in [0.4, 0.5) is 0 Å². The molecule has 4 atom stereocenters. The highest BCUT2D eigenvalue weighted by Gasteiger charge is 2.60. The van der Waals surface area contributed by atoms with Gasteiger partial charge >= 0.3 is 0 Å². The Kier molecular flexibility index (Phi) is 5.88. The molecule has 0 aromatic heterocycles. The van der Waals surface area contributed by atoms with Crippen molar-refractivity contribution in [1.82, 2.24) is 0 Å². The summed E-state index contributed by atoms with van der Waals surface area (Å²) in [6, 6.07) is 0. The van der Waals surface area contributed by atoms with E-state index in [1.165, 1.54) is 32.1 Å². The lowest BCUT2D eigenvalue weighted by molar-refractivity contribution is 0.0126. The number of fused-ring (bicyclic) bond motifs is 2. The Hall–Kier alpha value is -0.0800. The lowest BCUT2D eigenvalue weighted by Crippen LogP contribution is -2.35. The minimum atomic E-state index is -0.0958. The Morgan fingerprint density at radius 1 is 1.21 bits per heavy atom. The van der Waals surface area contributed by atoms with Crippen LogP contribution in [0.2, 0.25) is 0 Å². The van der Waals surface area contributed by atoms with Crippen LogP contribution in [0.1, 0.15) is 79.6 Å². The van der Waals surface area contributed by atoms with Crippen LogP contribution in [0.5, 0.6) is 0 Å². The standard InChI is InChI=1S/C10H18O.C7H16O/c1-9(2)7-4-5-10(9,3)8(11)6-7;1-3-4-5-6-7(2)8/h7-8,11H,4-6H2,1-3H3;7-8H,3-6H2,1-2H3. The molecule has 2 aliphatic carbocycles. The third-order valence-corrected chi connectivity index (χ3v) is 5.97. The zero-order valence-corrected chi connectivity index (χ0v) is 13.6. The number of aliphatic hydroxyl groups is 2. The maximum atomic E-state index is 9.81. The molecule has 0 radical (unpaired) electrons. The van der Waals surface area contributed by atoms with Crippen molar-refractivity contribution in [1.29, 1.82) is 0 Å². The van der Waals surface area contributed by atoms with Crippen molar-refractivity contribution in [2.45, 2.75) is 91.8 Å². The fourth-order valence-corrected chi connectivity index (χ4v) is 3.85. The lowest BCUT2D eigenvalue weighted by Gasteiger charge is -2.36. The fraction of sp³-hybridized carbons (Fsp3) is 1.00. The van der Waals surface area contributed by atoms with E-state index in [0.29, 0.717) is 5.41 Å². The number of unbranched alkanes of at least 4 members (excludes halogenated alkanes) is 2. The van der Waals surface area contributed by atoms with E-state index in [-0.39, 0.29) is 17.6 Å². The summed E-state index contributed by atoms with van der Waals surface area (Å²) in [6.45, 7) is 10.9. The zero-order chi connectivity index (χ0) is 14.7. The van der Waals surface area contributed by atoms with E-state index >= 15 is 0 Å². The summed E-state index contributed by atoms with van der Waals surface area (Å²) in [4.78, 5) is 0. The van der Waals surface area contributed by atoms with E-state index in [4.69, 9.17) is 5.11 Å². The zero-order valence-electron chi connectivity index (χ0n) is 13.6. The molecule has 2 aliphatic rings. The summed E-state index contributed by atoms with van der Waals surface area (Å²) in [6.07, 6.45) is 8.12. The van der Waals surface area contributed by atoms with Gasteiger partial charge in [-0.2, -0.15) is 0 Å². The van der Waals surface area contributed by atoms with Gasteiger partial charge in [0.1, 0.15) is 0 Å². The van der Waals surface area contributed by atoms with Crippen LogP contribution in [-0.2, 0) is 0 Å². The monoisotopic (exact) mass is 270 g/mol. The molecule has 0 aliphatic heterocycles. The van der Waals surface area contributed by atoms with Gasteiger partial charge in [-0.05, 0) is 49.4 Å². The predicted molar refractivity (Wildman–Crippen MR) is 81.1 cm³/mol. The van der Waals surface area contributed by atoms with Gasteiger partial charge in [0.05, 0.1) is 12.2 Å². The second kappa shape index (κ2) is 6.58. The highest BCUT2D eigenvalue weighted by Crippen LogP contribution is 2.65. The van der Waals surface area contributed by atoms with Gasteiger partial charge in [-0.1, -0.05) is 47.0 Å². The Balaban J connectivity index is 0.000000203. The first-order valence-electron chi connectivity index (χ1n) is 8.11. The highest BCUT2D eigenvalue weighted by molar-refractivity contribution is 5.10. The molecule has 0 amide bonds. The quantitative estimate of drug-likeness (QED) is 0.754. The van der Waals surface area contributed by atoms with Crippen molar-refractivity contribution in [3.63, 3.8) is 0 Å². The van der Waals surface area contributed by atoms with Gasteiger partial charge in [0.25, 0.3) is 0 Å². The van der Waals surface area contributed by atoms with Crippen molar-refractivity contribution in [2.75, 3.05) is 0 Å². The van der Waals surface area contributed by atoms with Gasteiger partial charge in [-0.25, -0.2) is 0 Å². The first kappa shape index (κ1) is 17.0. The summed E-state index contributed by atoms with van der Waals surface area (Å²) in [7, 11) is 0. The molecule has 19 heavy (non-hydrogen) atoms. The number of hydrogen-bond donors (Lipinski definition) is 2. The lowest BCUT2D eigenvalue weighted by atomic mass is 9.70. The maximum Gasteiger partial charge on any atom is 0.0601 e. The minimum absolute atomic E-state index is 0.0313. The summed E-state index contributed by atoms with van der Waals surface area (Å²) < 4.78 is 0. The van der Waals surface area contributed by atoms with Crippen molar-refractivity contribution in [3.05, 3.63) is 0 Å². The first-order valence-corrected chi connectivity index (χ1v) is 8.11. The van der Waals surface area contributed by atoms with E-state index in [2.05, 4.69) is 27.7 Å². The molecule has 2 fully saturated rings. The van der Waals surface area contributed by atoms with E-state index in [1.54, 1.807) is 0 Å². The Labute approximate surface area is 119 Å².